The summed E-state index contributed by atoms with van der Waals surface area (Å²) in [6, 6.07) is 6.67. The number of primary amides is 1. The van der Waals surface area contributed by atoms with Crippen LogP contribution in [-0.4, -0.2) is 23.7 Å². The molecule has 0 atom stereocenters. The average Bonchev–Trinajstić information content (AvgIpc) is 2.70. The smallest absolute Gasteiger partial charge is 0.418 e. The molecular weight excluding hydrogens is 208 g/mol. The number of carbonyl (C=O) groups excluding carboxylic acids is 2. The van der Waals surface area contributed by atoms with E-state index in [4.69, 9.17) is 5.73 Å². The zero-order valence-corrected chi connectivity index (χ0v) is 8.64. The first-order chi connectivity index (χ1) is 7.63. The van der Waals surface area contributed by atoms with Crippen molar-refractivity contribution in [1.82, 2.24) is 4.57 Å². The molecule has 0 radical (unpaired) electrons. The summed E-state index contributed by atoms with van der Waals surface area (Å²) in [7, 11) is 1.30. The van der Waals surface area contributed by atoms with Gasteiger partial charge in [0.25, 0.3) is 0 Å². The molecule has 2 aromatic rings. The largest absolute Gasteiger partial charge is 0.452 e. The van der Waals surface area contributed by atoms with Gasteiger partial charge in [-0.2, -0.15) is 0 Å². The molecule has 5 heteroatoms. The number of amides is 1. The van der Waals surface area contributed by atoms with Gasteiger partial charge >= 0.3 is 6.09 Å². The van der Waals surface area contributed by atoms with E-state index in [-0.39, 0.29) is 0 Å². The van der Waals surface area contributed by atoms with Crippen LogP contribution in [0.15, 0.2) is 30.5 Å². The van der Waals surface area contributed by atoms with Crippen LogP contribution in [0.1, 0.15) is 10.4 Å². The summed E-state index contributed by atoms with van der Waals surface area (Å²) in [5.41, 5.74) is 6.13. The summed E-state index contributed by atoms with van der Waals surface area (Å²) >= 11 is 0. The summed E-state index contributed by atoms with van der Waals surface area (Å²) in [6.45, 7) is 0. The minimum atomic E-state index is -0.528. The Hall–Kier alpha value is -2.30. The number of hydrogen-bond acceptors (Lipinski definition) is 3. The van der Waals surface area contributed by atoms with Crippen molar-refractivity contribution in [2.24, 2.45) is 5.73 Å². The molecule has 1 amide bonds. The number of methoxy groups -OCH3 is 1. The van der Waals surface area contributed by atoms with Crippen molar-refractivity contribution in [2.45, 2.75) is 0 Å². The first-order valence-corrected chi connectivity index (χ1v) is 4.62. The lowest BCUT2D eigenvalue weighted by molar-refractivity contribution is 0.1000. The standard InChI is InChI=1S/C11H10N2O3/c1-16-11(15)13-5-4-7-2-3-8(10(12)14)6-9(7)13/h2-6H,1H3,(H2,12,14). The van der Waals surface area contributed by atoms with Gasteiger partial charge < -0.3 is 10.5 Å². The molecule has 0 saturated heterocycles. The highest BCUT2D eigenvalue weighted by molar-refractivity contribution is 5.98. The second kappa shape index (κ2) is 3.69. The van der Waals surface area contributed by atoms with Gasteiger partial charge in [-0.15, -0.1) is 0 Å². The predicted octanol–water partition coefficient (Wildman–Crippen LogP) is 1.35. The zero-order chi connectivity index (χ0) is 11.7. The number of nitrogens with two attached hydrogens (primary N) is 1. The second-order valence-corrected chi connectivity index (χ2v) is 3.29. The zero-order valence-electron chi connectivity index (χ0n) is 8.64. The molecule has 82 valence electrons. The third-order valence-electron chi connectivity index (χ3n) is 2.35. The summed E-state index contributed by atoms with van der Waals surface area (Å²) < 4.78 is 5.93. The lowest BCUT2D eigenvalue weighted by atomic mass is 10.1. The molecule has 1 heterocycles. The topological polar surface area (TPSA) is 74.3 Å². The van der Waals surface area contributed by atoms with Gasteiger partial charge in [0.15, 0.2) is 0 Å². The van der Waals surface area contributed by atoms with E-state index in [0.29, 0.717) is 11.1 Å². The Morgan fingerprint density at radius 1 is 1.31 bits per heavy atom. The van der Waals surface area contributed by atoms with Crippen LogP contribution in [0.3, 0.4) is 0 Å². The van der Waals surface area contributed by atoms with E-state index in [0.717, 1.165) is 5.39 Å². The Balaban J connectivity index is 2.64. The molecule has 2 rings (SSSR count). The van der Waals surface area contributed by atoms with E-state index in [1.807, 2.05) is 0 Å². The summed E-state index contributed by atoms with van der Waals surface area (Å²) in [4.78, 5) is 22.4. The lowest BCUT2D eigenvalue weighted by Crippen LogP contribution is -2.12. The number of rotatable bonds is 1. The van der Waals surface area contributed by atoms with E-state index in [1.54, 1.807) is 30.5 Å². The predicted molar refractivity (Wildman–Crippen MR) is 58.3 cm³/mol. The monoisotopic (exact) mass is 218 g/mol. The number of carbonyl (C=O) groups is 2. The fraction of sp³-hybridized carbons (Fsp3) is 0.0909. The van der Waals surface area contributed by atoms with Crippen LogP contribution < -0.4 is 5.73 Å². The highest BCUT2D eigenvalue weighted by atomic mass is 16.5. The maximum atomic E-state index is 11.4. The van der Waals surface area contributed by atoms with Crippen molar-refractivity contribution >= 4 is 22.9 Å². The van der Waals surface area contributed by atoms with Crippen molar-refractivity contribution in [1.29, 1.82) is 0 Å². The van der Waals surface area contributed by atoms with Gasteiger partial charge in [0, 0.05) is 17.1 Å². The van der Waals surface area contributed by atoms with Crippen molar-refractivity contribution < 1.29 is 14.3 Å². The molecule has 0 aliphatic carbocycles. The van der Waals surface area contributed by atoms with Crippen molar-refractivity contribution in [2.75, 3.05) is 7.11 Å². The number of ether oxygens (including phenoxy) is 1. The van der Waals surface area contributed by atoms with Gasteiger partial charge in [-0.25, -0.2) is 4.79 Å². The first kappa shape index (κ1) is 10.2. The average molecular weight is 218 g/mol. The minimum Gasteiger partial charge on any atom is -0.452 e. The SMILES string of the molecule is COC(=O)n1ccc2ccc(C(N)=O)cc21. The van der Waals surface area contributed by atoms with Crippen LogP contribution in [-0.2, 0) is 4.74 Å². The summed E-state index contributed by atoms with van der Waals surface area (Å²) in [5, 5.41) is 0.843. The van der Waals surface area contributed by atoms with Crippen LogP contribution in [0.2, 0.25) is 0 Å². The van der Waals surface area contributed by atoms with E-state index >= 15 is 0 Å². The second-order valence-electron chi connectivity index (χ2n) is 3.29. The third kappa shape index (κ3) is 1.52. The van der Waals surface area contributed by atoms with Gasteiger partial charge in [0.1, 0.15) is 0 Å². The Labute approximate surface area is 91.4 Å². The Bertz CT molecular complexity index is 572. The van der Waals surface area contributed by atoms with Crippen LogP contribution in [0.4, 0.5) is 4.79 Å². The van der Waals surface area contributed by atoms with E-state index in [2.05, 4.69) is 4.74 Å². The molecule has 0 unspecified atom stereocenters. The van der Waals surface area contributed by atoms with Gasteiger partial charge in [-0.05, 0) is 18.2 Å². The maximum absolute atomic E-state index is 11.4. The first-order valence-electron chi connectivity index (χ1n) is 4.62. The maximum Gasteiger partial charge on any atom is 0.418 e. The summed E-state index contributed by atoms with van der Waals surface area (Å²) in [5.74, 6) is -0.528. The van der Waals surface area contributed by atoms with Crippen molar-refractivity contribution in [3.05, 3.63) is 36.0 Å². The quantitative estimate of drug-likeness (QED) is 0.785. The molecule has 0 bridgehead atoms. The number of aromatic nitrogens is 1. The highest BCUT2D eigenvalue weighted by Crippen LogP contribution is 2.17. The summed E-state index contributed by atoms with van der Waals surface area (Å²) in [6.07, 6.45) is 1.08. The molecular formula is C11H10N2O3. The number of benzene rings is 1. The fourth-order valence-corrected chi connectivity index (χ4v) is 1.54. The molecule has 16 heavy (non-hydrogen) atoms. The number of nitrogens with zero attached hydrogens (tertiary/aromatic N) is 1. The van der Waals surface area contributed by atoms with Gasteiger partial charge in [-0.1, -0.05) is 6.07 Å². The Kier molecular flexibility index (Phi) is 2.36. The van der Waals surface area contributed by atoms with Crippen molar-refractivity contribution in [3.63, 3.8) is 0 Å². The minimum absolute atomic E-state index is 0.358. The van der Waals surface area contributed by atoms with Crippen LogP contribution in [0.5, 0.6) is 0 Å². The molecule has 0 aliphatic heterocycles. The molecule has 0 fully saturated rings. The molecule has 1 aromatic heterocycles. The van der Waals surface area contributed by atoms with E-state index in [1.165, 1.54) is 11.7 Å². The Morgan fingerprint density at radius 3 is 2.69 bits per heavy atom. The van der Waals surface area contributed by atoms with Crippen LogP contribution in [0, 0.1) is 0 Å². The number of fused-ring (bicyclic) bond motifs is 1. The van der Waals surface area contributed by atoms with Gasteiger partial charge in [0.2, 0.25) is 5.91 Å². The van der Waals surface area contributed by atoms with Crippen LogP contribution >= 0.6 is 0 Å². The van der Waals surface area contributed by atoms with E-state index in [9.17, 15) is 9.59 Å². The van der Waals surface area contributed by atoms with Gasteiger partial charge in [-0.3, -0.25) is 9.36 Å². The molecule has 0 saturated carbocycles. The van der Waals surface area contributed by atoms with E-state index < -0.39 is 12.0 Å². The number of hydrogen-bond donors (Lipinski definition) is 1. The molecule has 5 nitrogen and oxygen atoms in total. The van der Waals surface area contributed by atoms with Crippen LogP contribution in [0.25, 0.3) is 10.9 Å². The van der Waals surface area contributed by atoms with Gasteiger partial charge in [0.05, 0.1) is 12.6 Å². The Morgan fingerprint density at radius 2 is 2.06 bits per heavy atom. The van der Waals surface area contributed by atoms with Crippen molar-refractivity contribution in [3.8, 4) is 0 Å². The normalized spacial score (nSPS) is 10.3. The molecule has 1 aromatic carbocycles. The third-order valence-corrected chi connectivity index (χ3v) is 2.35. The fourth-order valence-electron chi connectivity index (χ4n) is 1.54. The highest BCUT2D eigenvalue weighted by Gasteiger charge is 2.10. The molecule has 2 N–H and O–H groups in total. The molecule has 0 aliphatic rings. The lowest BCUT2D eigenvalue weighted by Gasteiger charge is -2.02. The molecule has 0 spiro atoms.